The first-order chi connectivity index (χ1) is 17.1. The van der Waals surface area contributed by atoms with Crippen LogP contribution in [0.1, 0.15) is 27.9 Å². The summed E-state index contributed by atoms with van der Waals surface area (Å²) < 4.78 is 59.9. The van der Waals surface area contributed by atoms with Gasteiger partial charge in [0.2, 0.25) is 0 Å². The average Bonchev–Trinajstić information content (AvgIpc) is 3.41. The minimum absolute atomic E-state index is 0.00694. The lowest BCUT2D eigenvalue weighted by Gasteiger charge is -2.17. The van der Waals surface area contributed by atoms with Gasteiger partial charge in [-0.3, -0.25) is 8.98 Å². The monoisotopic (exact) mass is 541 g/mol. The molecule has 36 heavy (non-hydrogen) atoms. The summed E-state index contributed by atoms with van der Waals surface area (Å²) in [5.41, 5.74) is 1.08. The van der Waals surface area contributed by atoms with Crippen LogP contribution in [0.2, 0.25) is 5.02 Å². The van der Waals surface area contributed by atoms with Crippen molar-refractivity contribution in [2.24, 2.45) is 0 Å². The second kappa shape index (κ2) is 10.6. The van der Waals surface area contributed by atoms with Crippen molar-refractivity contribution < 1.29 is 31.3 Å². The van der Waals surface area contributed by atoms with Gasteiger partial charge in [-0.15, -0.1) is 0 Å². The number of rotatable bonds is 9. The number of aliphatic hydroxyl groups is 1. The number of nitrogens with zero attached hydrogens (tertiary/aromatic N) is 3. The number of aromatic nitrogens is 3. The Hall–Kier alpha value is -2.97. The Bertz CT molecular complexity index is 1370. The third kappa shape index (κ3) is 5.71. The molecule has 1 aromatic carbocycles. The molecule has 10 nitrogen and oxygen atoms in total. The number of carbonyl (C=O) groups is 1. The maximum absolute atomic E-state index is 14.7. The van der Waals surface area contributed by atoms with Gasteiger partial charge in [0, 0.05) is 44.2 Å². The molecule has 0 bridgehead atoms. The molecule has 4 atom stereocenters. The van der Waals surface area contributed by atoms with Gasteiger partial charge in [-0.1, -0.05) is 17.7 Å². The van der Waals surface area contributed by atoms with E-state index in [1.165, 1.54) is 24.7 Å². The maximum atomic E-state index is 14.7. The van der Waals surface area contributed by atoms with E-state index in [1.54, 1.807) is 29.1 Å². The smallest absolute Gasteiger partial charge is 0.335 e. The van der Waals surface area contributed by atoms with Crippen LogP contribution in [0.15, 0.2) is 49.2 Å². The molecule has 3 N–H and O–H groups in total. The quantitative estimate of drug-likeness (QED) is 0.350. The number of hydrogen-bond acceptors (Lipinski definition) is 8. The zero-order valence-corrected chi connectivity index (χ0v) is 20.4. The number of ketones is 1. The highest BCUT2D eigenvalue weighted by Crippen LogP contribution is 2.30. The molecular weight excluding hydrogens is 520 g/mol. The summed E-state index contributed by atoms with van der Waals surface area (Å²) in [6.45, 7) is 0.337. The highest BCUT2D eigenvalue weighted by Gasteiger charge is 2.46. The number of nitrogens with one attached hydrogen (secondary N) is 2. The molecule has 1 aliphatic carbocycles. The number of benzene rings is 1. The van der Waals surface area contributed by atoms with E-state index in [2.05, 4.69) is 15.3 Å². The van der Waals surface area contributed by atoms with E-state index in [4.69, 9.17) is 15.8 Å². The molecule has 0 saturated heterocycles. The van der Waals surface area contributed by atoms with Crippen LogP contribution in [0, 0.1) is 5.82 Å². The van der Waals surface area contributed by atoms with Crippen molar-refractivity contribution in [3.05, 3.63) is 76.7 Å². The van der Waals surface area contributed by atoms with Crippen molar-refractivity contribution in [3.63, 3.8) is 0 Å². The normalized spacial score (nSPS) is 22.0. The van der Waals surface area contributed by atoms with Crippen LogP contribution in [-0.2, 0) is 21.0 Å². The number of carbonyl (C=O) groups excluding carboxylic acids is 1. The summed E-state index contributed by atoms with van der Waals surface area (Å²) in [5, 5.41) is 12.9. The van der Waals surface area contributed by atoms with Crippen LogP contribution in [0.25, 0.3) is 0 Å². The van der Waals surface area contributed by atoms with Gasteiger partial charge in [0.25, 0.3) is 0 Å². The van der Waals surface area contributed by atoms with Gasteiger partial charge < -0.3 is 15.0 Å². The van der Waals surface area contributed by atoms with Crippen LogP contribution in [0.3, 0.4) is 0 Å². The molecule has 1 aliphatic rings. The Morgan fingerprint density at radius 1 is 1.36 bits per heavy atom. The molecule has 0 radical (unpaired) electrons. The number of anilines is 1. The number of aliphatic hydroxyl groups excluding tert-OH is 1. The minimum atomic E-state index is -4.15. The van der Waals surface area contributed by atoms with Crippen LogP contribution in [0.4, 0.5) is 14.6 Å². The molecule has 4 rings (SSSR count). The summed E-state index contributed by atoms with van der Waals surface area (Å²) in [6.07, 6.45) is 0.566. The van der Waals surface area contributed by atoms with E-state index in [9.17, 15) is 27.1 Å². The third-order valence-corrected chi connectivity index (χ3v) is 7.01. The predicted octanol–water partition coefficient (Wildman–Crippen LogP) is 2.08. The van der Waals surface area contributed by atoms with Crippen molar-refractivity contribution in [2.75, 3.05) is 12.4 Å². The Morgan fingerprint density at radius 2 is 2.14 bits per heavy atom. The fourth-order valence-corrected chi connectivity index (χ4v) is 4.69. The van der Waals surface area contributed by atoms with Crippen LogP contribution in [0.5, 0.6) is 0 Å². The summed E-state index contributed by atoms with van der Waals surface area (Å²) in [7, 11) is -3.03. The lowest BCUT2D eigenvalue weighted by molar-refractivity contribution is 0.0248. The highest BCUT2D eigenvalue weighted by atomic mass is 35.5. The average molecular weight is 542 g/mol. The van der Waals surface area contributed by atoms with E-state index < -0.39 is 46.3 Å². The van der Waals surface area contributed by atoms with Crippen LogP contribution >= 0.6 is 11.6 Å². The van der Waals surface area contributed by atoms with Crippen molar-refractivity contribution in [1.29, 1.82) is 0 Å². The lowest BCUT2D eigenvalue weighted by atomic mass is 10.1. The zero-order chi connectivity index (χ0) is 26.0. The van der Waals surface area contributed by atoms with Gasteiger partial charge in [-0.2, -0.15) is 13.1 Å². The van der Waals surface area contributed by atoms with E-state index in [0.29, 0.717) is 12.1 Å². The van der Waals surface area contributed by atoms with Crippen molar-refractivity contribution in [1.82, 2.24) is 19.3 Å². The van der Waals surface area contributed by atoms with Gasteiger partial charge >= 0.3 is 10.3 Å². The first kappa shape index (κ1) is 26.1. The van der Waals surface area contributed by atoms with Gasteiger partial charge in [0.15, 0.2) is 5.78 Å². The summed E-state index contributed by atoms with van der Waals surface area (Å²) >= 11 is 5.83. The molecule has 2 heterocycles. The van der Waals surface area contributed by atoms with E-state index >= 15 is 0 Å². The molecule has 2 aromatic heterocycles. The fraction of sp³-hybridized carbons (Fsp3) is 0.318. The zero-order valence-electron chi connectivity index (χ0n) is 18.8. The van der Waals surface area contributed by atoms with Crippen LogP contribution in [-0.4, -0.2) is 65.3 Å². The molecule has 14 heteroatoms. The molecule has 192 valence electrons. The Kier molecular flexibility index (Phi) is 7.66. The SMILES string of the molecule is CNS(=O)(=O)O[C@@H]1C[C@@H](Nc2ncncc2C(=O)c2ccn(Cc3ccc(F)c(Cl)c3)c2)[C@@H](F)[C@@H]1O. The first-order valence-corrected chi connectivity index (χ1v) is 12.5. The van der Waals surface area contributed by atoms with Gasteiger partial charge in [-0.05, 0) is 23.8 Å². The third-order valence-electron chi connectivity index (χ3n) is 5.72. The molecule has 3 aromatic rings. The molecule has 0 aliphatic heterocycles. The van der Waals surface area contributed by atoms with Crippen LogP contribution < -0.4 is 10.0 Å². The second-order valence-electron chi connectivity index (χ2n) is 8.15. The van der Waals surface area contributed by atoms with Gasteiger partial charge in [-0.25, -0.2) is 18.7 Å². The largest absolute Gasteiger partial charge is 0.387 e. The molecule has 0 spiro atoms. The van der Waals surface area contributed by atoms with Crippen molar-refractivity contribution in [2.45, 2.75) is 37.4 Å². The number of alkyl halides is 1. The Morgan fingerprint density at radius 3 is 2.86 bits per heavy atom. The Balaban J connectivity index is 1.49. The topological polar surface area (TPSA) is 135 Å². The van der Waals surface area contributed by atoms with Gasteiger partial charge in [0.05, 0.1) is 16.6 Å². The number of halogens is 3. The summed E-state index contributed by atoms with van der Waals surface area (Å²) in [4.78, 5) is 21.1. The Labute approximate surface area is 210 Å². The first-order valence-electron chi connectivity index (χ1n) is 10.7. The standard InChI is InChI=1S/C22H22ClF2N5O5S/c1-26-36(33,34)35-18-7-17(19(25)21(18)32)29-22-14(8-27-11-28-22)20(31)13-4-5-30(10-13)9-12-2-3-16(24)15(23)6-12/h2-6,8,10-11,17-19,21,26,32H,7,9H2,1H3,(H,27,28,29)/t17-,18-,19-,21-/m1/s1. The van der Waals surface area contributed by atoms with E-state index in [0.717, 1.165) is 12.6 Å². The molecule has 0 amide bonds. The predicted molar refractivity (Wildman–Crippen MR) is 126 cm³/mol. The lowest BCUT2D eigenvalue weighted by Crippen LogP contribution is -2.35. The van der Waals surface area contributed by atoms with Crippen molar-refractivity contribution >= 4 is 33.5 Å². The van der Waals surface area contributed by atoms with Gasteiger partial charge in [0.1, 0.15) is 36.3 Å². The summed E-state index contributed by atoms with van der Waals surface area (Å²) in [5.74, 6) is -0.960. The summed E-state index contributed by atoms with van der Waals surface area (Å²) in [6, 6.07) is 4.83. The maximum Gasteiger partial charge on any atom is 0.335 e. The minimum Gasteiger partial charge on any atom is -0.387 e. The molecular formula is C22H22ClF2N5O5S. The van der Waals surface area contributed by atoms with Crippen molar-refractivity contribution in [3.8, 4) is 0 Å². The molecule has 0 unspecified atom stereocenters. The fourth-order valence-electron chi connectivity index (χ4n) is 3.87. The number of hydrogen-bond donors (Lipinski definition) is 3. The highest BCUT2D eigenvalue weighted by molar-refractivity contribution is 7.84. The molecule has 1 fully saturated rings. The molecule has 1 saturated carbocycles. The van der Waals surface area contributed by atoms with E-state index in [-0.39, 0.29) is 22.8 Å². The van der Waals surface area contributed by atoms with E-state index in [1.807, 2.05) is 4.72 Å². The second-order valence-corrected chi connectivity index (χ2v) is 10.1.